The van der Waals surface area contributed by atoms with Gasteiger partial charge in [-0.05, 0) is 25.6 Å². The first-order valence-electron chi connectivity index (χ1n) is 4.93. The van der Waals surface area contributed by atoms with Crippen molar-refractivity contribution >= 4 is 22.5 Å². The van der Waals surface area contributed by atoms with Crippen molar-refractivity contribution in [2.75, 3.05) is 7.05 Å². The topological polar surface area (TPSA) is 29.9 Å². The first kappa shape index (κ1) is 10.5. The summed E-state index contributed by atoms with van der Waals surface area (Å²) in [5.74, 6) is 0. The van der Waals surface area contributed by atoms with E-state index >= 15 is 0 Å². The molecule has 0 saturated carbocycles. The molecule has 0 radical (unpaired) electrons. The highest BCUT2D eigenvalue weighted by atomic mass is 35.5. The van der Waals surface area contributed by atoms with Crippen LogP contribution >= 0.6 is 11.6 Å². The van der Waals surface area contributed by atoms with Crippen LogP contribution in [0.2, 0.25) is 5.15 Å². The summed E-state index contributed by atoms with van der Waals surface area (Å²) in [6.45, 7) is 2.11. The molecule has 3 nitrogen and oxygen atoms in total. The zero-order chi connectivity index (χ0) is 11.0. The molecule has 0 aliphatic carbocycles. The average molecular weight is 224 g/mol. The Morgan fingerprint density at radius 1 is 1.47 bits per heavy atom. The van der Waals surface area contributed by atoms with E-state index in [1.165, 1.54) is 5.56 Å². The predicted molar refractivity (Wildman–Crippen MR) is 63.2 cm³/mol. The third-order valence-electron chi connectivity index (χ3n) is 2.72. The normalized spacial score (nSPS) is 13.3. The smallest absolute Gasteiger partial charge is 0.134 e. The molecule has 1 atom stereocenters. The van der Waals surface area contributed by atoms with Crippen LogP contribution in [0.4, 0.5) is 0 Å². The van der Waals surface area contributed by atoms with Crippen LogP contribution in [0.25, 0.3) is 10.9 Å². The van der Waals surface area contributed by atoms with Crippen LogP contribution < -0.4 is 5.32 Å². The molecule has 0 bridgehead atoms. The van der Waals surface area contributed by atoms with Gasteiger partial charge in [-0.3, -0.25) is 4.68 Å². The van der Waals surface area contributed by atoms with Gasteiger partial charge in [0.05, 0.1) is 5.52 Å². The van der Waals surface area contributed by atoms with Gasteiger partial charge >= 0.3 is 0 Å². The van der Waals surface area contributed by atoms with Gasteiger partial charge in [0.15, 0.2) is 0 Å². The largest absolute Gasteiger partial charge is 0.313 e. The van der Waals surface area contributed by atoms with Crippen molar-refractivity contribution in [3.63, 3.8) is 0 Å². The SMILES string of the molecule is CNC(C)c1cccc2c(Cl)n(C)nc12. The maximum atomic E-state index is 6.14. The van der Waals surface area contributed by atoms with Crippen molar-refractivity contribution in [3.8, 4) is 0 Å². The van der Waals surface area contributed by atoms with Crippen LogP contribution in [0.1, 0.15) is 18.5 Å². The highest BCUT2D eigenvalue weighted by molar-refractivity contribution is 6.34. The number of hydrogen-bond donors (Lipinski definition) is 1. The fraction of sp³-hybridized carbons (Fsp3) is 0.364. The second kappa shape index (κ2) is 3.83. The summed E-state index contributed by atoms with van der Waals surface area (Å²) in [4.78, 5) is 0. The number of nitrogens with one attached hydrogen (secondary N) is 1. The molecule has 2 rings (SSSR count). The second-order valence-corrected chi connectivity index (χ2v) is 4.03. The molecule has 1 heterocycles. The molecule has 0 aliphatic rings. The summed E-state index contributed by atoms with van der Waals surface area (Å²) in [5, 5.41) is 9.34. The number of aromatic nitrogens is 2. The van der Waals surface area contributed by atoms with Gasteiger partial charge in [-0.1, -0.05) is 23.7 Å². The molecule has 4 heteroatoms. The van der Waals surface area contributed by atoms with Crippen molar-refractivity contribution in [1.29, 1.82) is 0 Å². The minimum atomic E-state index is 0.277. The van der Waals surface area contributed by atoms with Gasteiger partial charge in [0.1, 0.15) is 5.15 Å². The Hall–Kier alpha value is -1.06. The first-order chi connectivity index (χ1) is 7.15. The van der Waals surface area contributed by atoms with Crippen molar-refractivity contribution in [3.05, 3.63) is 28.9 Å². The lowest BCUT2D eigenvalue weighted by Gasteiger charge is -2.10. The quantitative estimate of drug-likeness (QED) is 0.848. The van der Waals surface area contributed by atoms with Crippen LogP contribution in [-0.2, 0) is 7.05 Å². The Balaban J connectivity index is 2.71. The molecule has 1 aromatic carbocycles. The highest BCUT2D eigenvalue weighted by Crippen LogP contribution is 2.27. The molecule has 0 amide bonds. The molecule has 15 heavy (non-hydrogen) atoms. The molecule has 1 N–H and O–H groups in total. The number of hydrogen-bond acceptors (Lipinski definition) is 2. The minimum Gasteiger partial charge on any atom is -0.313 e. The zero-order valence-electron chi connectivity index (χ0n) is 9.08. The Morgan fingerprint density at radius 3 is 2.87 bits per heavy atom. The molecule has 80 valence electrons. The van der Waals surface area contributed by atoms with E-state index in [9.17, 15) is 0 Å². The van der Waals surface area contributed by atoms with Gasteiger partial charge in [-0.25, -0.2) is 0 Å². The Bertz CT molecular complexity index is 490. The van der Waals surface area contributed by atoms with Gasteiger partial charge in [-0.15, -0.1) is 0 Å². The van der Waals surface area contributed by atoms with E-state index in [4.69, 9.17) is 11.6 Å². The summed E-state index contributed by atoms with van der Waals surface area (Å²) in [7, 11) is 3.80. The lowest BCUT2D eigenvalue weighted by atomic mass is 10.1. The van der Waals surface area contributed by atoms with E-state index in [1.807, 2.05) is 26.2 Å². The van der Waals surface area contributed by atoms with Gasteiger partial charge in [0, 0.05) is 18.5 Å². The van der Waals surface area contributed by atoms with Gasteiger partial charge < -0.3 is 5.32 Å². The summed E-state index contributed by atoms with van der Waals surface area (Å²) in [6.07, 6.45) is 0. The monoisotopic (exact) mass is 223 g/mol. The molecule has 2 aromatic rings. The van der Waals surface area contributed by atoms with Crippen molar-refractivity contribution in [2.24, 2.45) is 7.05 Å². The van der Waals surface area contributed by atoms with Crippen molar-refractivity contribution in [1.82, 2.24) is 15.1 Å². The number of benzene rings is 1. The van der Waals surface area contributed by atoms with Gasteiger partial charge in [-0.2, -0.15) is 5.10 Å². The Kier molecular flexibility index (Phi) is 2.67. The van der Waals surface area contributed by atoms with E-state index in [1.54, 1.807) is 4.68 Å². The van der Waals surface area contributed by atoms with E-state index < -0.39 is 0 Å². The maximum Gasteiger partial charge on any atom is 0.134 e. The van der Waals surface area contributed by atoms with Crippen molar-refractivity contribution < 1.29 is 0 Å². The minimum absolute atomic E-state index is 0.277. The fourth-order valence-corrected chi connectivity index (χ4v) is 1.90. The Labute approximate surface area is 94.0 Å². The molecule has 1 unspecified atom stereocenters. The van der Waals surface area contributed by atoms with Crippen LogP contribution in [0, 0.1) is 0 Å². The molecule has 0 fully saturated rings. The van der Waals surface area contributed by atoms with E-state index in [0.717, 1.165) is 10.9 Å². The second-order valence-electron chi connectivity index (χ2n) is 3.67. The van der Waals surface area contributed by atoms with Crippen molar-refractivity contribution in [2.45, 2.75) is 13.0 Å². The van der Waals surface area contributed by atoms with E-state index in [-0.39, 0.29) is 6.04 Å². The first-order valence-corrected chi connectivity index (χ1v) is 5.31. The number of fused-ring (bicyclic) bond motifs is 1. The summed E-state index contributed by atoms with van der Waals surface area (Å²) >= 11 is 6.14. The third kappa shape index (κ3) is 1.62. The Morgan fingerprint density at radius 2 is 2.20 bits per heavy atom. The third-order valence-corrected chi connectivity index (χ3v) is 3.17. The van der Waals surface area contributed by atoms with Crippen LogP contribution in [0.15, 0.2) is 18.2 Å². The number of rotatable bonds is 2. The average Bonchev–Trinajstić information content (AvgIpc) is 2.54. The zero-order valence-corrected chi connectivity index (χ0v) is 9.84. The van der Waals surface area contributed by atoms with Crippen LogP contribution in [-0.4, -0.2) is 16.8 Å². The molecule has 0 spiro atoms. The molecule has 1 aromatic heterocycles. The lowest BCUT2D eigenvalue weighted by molar-refractivity contribution is 0.654. The van der Waals surface area contributed by atoms with Crippen LogP contribution in [0.5, 0.6) is 0 Å². The van der Waals surface area contributed by atoms with Crippen LogP contribution in [0.3, 0.4) is 0 Å². The van der Waals surface area contributed by atoms with Gasteiger partial charge in [0.2, 0.25) is 0 Å². The van der Waals surface area contributed by atoms with Gasteiger partial charge in [0.25, 0.3) is 0 Å². The molecule has 0 saturated heterocycles. The maximum absolute atomic E-state index is 6.14. The lowest BCUT2D eigenvalue weighted by Crippen LogP contribution is -2.12. The molecular weight excluding hydrogens is 210 g/mol. The summed E-state index contributed by atoms with van der Waals surface area (Å²) in [5.41, 5.74) is 2.16. The predicted octanol–water partition coefficient (Wildman–Crippen LogP) is 2.51. The number of aryl methyl sites for hydroxylation is 1. The number of nitrogens with zero attached hydrogens (tertiary/aromatic N) is 2. The van der Waals surface area contributed by atoms with E-state index in [0.29, 0.717) is 5.15 Å². The standard InChI is InChI=1S/C11H14ClN3/c1-7(13-2)8-5-4-6-9-10(8)14-15(3)11(9)12/h4-7,13H,1-3H3. The highest BCUT2D eigenvalue weighted by Gasteiger charge is 2.13. The molecule has 0 aliphatic heterocycles. The summed E-state index contributed by atoms with van der Waals surface area (Å²) < 4.78 is 1.71. The number of halogens is 1. The summed E-state index contributed by atoms with van der Waals surface area (Å²) in [6, 6.07) is 6.36. The van der Waals surface area contributed by atoms with E-state index in [2.05, 4.69) is 23.4 Å². The fourth-order valence-electron chi connectivity index (χ4n) is 1.71. The molecular formula is C11H14ClN3.